The molecule has 1 aliphatic rings. The average Bonchev–Trinajstić information content (AvgIpc) is 2.47. The highest BCUT2D eigenvalue weighted by Gasteiger charge is 2.44. The first kappa shape index (κ1) is 8.56. The van der Waals surface area contributed by atoms with Gasteiger partial charge in [0, 0.05) is 18.9 Å². The third-order valence-electron chi connectivity index (χ3n) is 2.33. The third kappa shape index (κ3) is 1.54. The Balaban J connectivity index is 2.27. The number of nitrogens with zero attached hydrogens (tertiary/aromatic N) is 1. The van der Waals surface area contributed by atoms with Crippen molar-refractivity contribution in [1.29, 1.82) is 0 Å². The molecule has 1 atom stereocenters. The molecule has 0 bridgehead atoms. The molecule has 1 aromatic heterocycles. The van der Waals surface area contributed by atoms with Gasteiger partial charge in [-0.2, -0.15) is 0 Å². The zero-order valence-corrected chi connectivity index (χ0v) is 7.00. The molecule has 13 heavy (non-hydrogen) atoms. The van der Waals surface area contributed by atoms with Gasteiger partial charge in [-0.1, -0.05) is 0 Å². The van der Waals surface area contributed by atoms with E-state index in [-0.39, 0.29) is 6.54 Å². The summed E-state index contributed by atoms with van der Waals surface area (Å²) in [5.41, 5.74) is 0.657. The lowest BCUT2D eigenvalue weighted by molar-refractivity contribution is 0.00576. The molecule has 1 aliphatic heterocycles. The number of halogens is 2. The van der Waals surface area contributed by atoms with Crippen LogP contribution in [0.2, 0.25) is 0 Å². The van der Waals surface area contributed by atoms with Crippen LogP contribution in [0, 0.1) is 0 Å². The van der Waals surface area contributed by atoms with Crippen LogP contribution in [0.4, 0.5) is 8.78 Å². The highest BCUT2D eigenvalue weighted by Crippen LogP contribution is 2.35. The molecule has 0 spiro atoms. The Morgan fingerprint density at radius 2 is 2.08 bits per heavy atom. The van der Waals surface area contributed by atoms with E-state index in [0.29, 0.717) is 12.1 Å². The second kappa shape index (κ2) is 3.03. The molecule has 2 heterocycles. The molecule has 1 unspecified atom stereocenters. The summed E-state index contributed by atoms with van der Waals surface area (Å²) < 4.78 is 26.4. The van der Waals surface area contributed by atoms with Gasteiger partial charge in [-0.15, -0.1) is 0 Å². The minimum atomic E-state index is -2.62. The summed E-state index contributed by atoms with van der Waals surface area (Å²) in [4.78, 5) is 3.80. The van der Waals surface area contributed by atoms with Crippen molar-refractivity contribution in [2.24, 2.45) is 0 Å². The number of hydrogen-bond acceptors (Lipinski definition) is 2. The highest BCUT2D eigenvalue weighted by molar-refractivity contribution is 5.21. The molecule has 1 aromatic rings. The number of hydrogen-bond donors (Lipinski definition) is 1. The Morgan fingerprint density at radius 3 is 2.62 bits per heavy atom. The van der Waals surface area contributed by atoms with Crippen molar-refractivity contribution in [2.45, 2.75) is 11.8 Å². The molecule has 0 saturated carbocycles. The zero-order chi connectivity index (χ0) is 9.31. The van der Waals surface area contributed by atoms with Crippen LogP contribution in [0.1, 0.15) is 11.5 Å². The van der Waals surface area contributed by atoms with Crippen LogP contribution in [0.25, 0.3) is 0 Å². The Labute approximate surface area is 75.0 Å². The van der Waals surface area contributed by atoms with Crippen molar-refractivity contribution in [1.82, 2.24) is 10.3 Å². The topological polar surface area (TPSA) is 24.9 Å². The summed E-state index contributed by atoms with van der Waals surface area (Å²) >= 11 is 0. The highest BCUT2D eigenvalue weighted by atomic mass is 19.3. The van der Waals surface area contributed by atoms with Crippen molar-refractivity contribution in [3.8, 4) is 0 Å². The average molecular weight is 184 g/mol. The van der Waals surface area contributed by atoms with Crippen LogP contribution in [-0.4, -0.2) is 24.0 Å². The summed E-state index contributed by atoms with van der Waals surface area (Å²) in [6.45, 7) is 0.122. The van der Waals surface area contributed by atoms with Gasteiger partial charge in [0.1, 0.15) is 0 Å². The lowest BCUT2D eigenvalue weighted by Gasteiger charge is -2.17. The molecule has 2 nitrogen and oxygen atoms in total. The first-order valence-corrected chi connectivity index (χ1v) is 4.18. The van der Waals surface area contributed by atoms with Crippen LogP contribution in [0.15, 0.2) is 24.5 Å². The Kier molecular flexibility index (Phi) is 2.00. The van der Waals surface area contributed by atoms with Crippen molar-refractivity contribution in [2.75, 3.05) is 13.1 Å². The third-order valence-corrected chi connectivity index (χ3v) is 2.33. The van der Waals surface area contributed by atoms with Crippen LogP contribution in [0.3, 0.4) is 0 Å². The second-order valence-corrected chi connectivity index (χ2v) is 3.23. The van der Waals surface area contributed by atoms with Gasteiger partial charge in [0.25, 0.3) is 5.92 Å². The number of nitrogens with one attached hydrogen (secondary N) is 1. The monoisotopic (exact) mass is 184 g/mol. The van der Waals surface area contributed by atoms with Crippen LogP contribution in [-0.2, 0) is 0 Å². The normalized spacial score (nSPS) is 26.2. The quantitative estimate of drug-likeness (QED) is 0.713. The summed E-state index contributed by atoms with van der Waals surface area (Å²) in [7, 11) is 0. The summed E-state index contributed by atoms with van der Waals surface area (Å²) in [5, 5.41) is 2.69. The fraction of sp³-hybridized carbons (Fsp3) is 0.444. The molecular formula is C9H10F2N2. The molecule has 0 aliphatic carbocycles. The zero-order valence-electron chi connectivity index (χ0n) is 7.00. The predicted octanol–water partition coefficient (Wildman–Crippen LogP) is 1.40. The van der Waals surface area contributed by atoms with Gasteiger partial charge in [-0.25, -0.2) is 8.78 Å². The smallest absolute Gasteiger partial charge is 0.268 e. The molecular weight excluding hydrogens is 174 g/mol. The predicted molar refractivity (Wildman–Crippen MR) is 44.8 cm³/mol. The van der Waals surface area contributed by atoms with Crippen LogP contribution < -0.4 is 5.32 Å². The number of alkyl halides is 2. The molecule has 0 aromatic carbocycles. The number of rotatable bonds is 1. The maximum absolute atomic E-state index is 13.2. The fourth-order valence-electron chi connectivity index (χ4n) is 1.61. The SMILES string of the molecule is FC1(F)CNCC1c1ccncc1. The minimum absolute atomic E-state index is 0.222. The van der Waals surface area contributed by atoms with E-state index in [1.807, 2.05) is 0 Å². The Morgan fingerprint density at radius 1 is 1.38 bits per heavy atom. The lowest BCUT2D eigenvalue weighted by Crippen LogP contribution is -2.25. The van der Waals surface area contributed by atoms with E-state index < -0.39 is 11.8 Å². The standard InChI is InChI=1S/C9H10F2N2/c10-9(11)6-13-5-8(9)7-1-3-12-4-2-7/h1-4,8,13H,5-6H2. The van der Waals surface area contributed by atoms with Gasteiger partial charge >= 0.3 is 0 Å². The van der Waals surface area contributed by atoms with Gasteiger partial charge in [0.15, 0.2) is 0 Å². The summed E-state index contributed by atoms with van der Waals surface area (Å²) in [6.07, 6.45) is 3.09. The van der Waals surface area contributed by atoms with Crippen LogP contribution in [0.5, 0.6) is 0 Å². The molecule has 70 valence electrons. The van der Waals surface area contributed by atoms with Crippen molar-refractivity contribution in [3.05, 3.63) is 30.1 Å². The van der Waals surface area contributed by atoms with E-state index in [2.05, 4.69) is 10.3 Å². The summed E-state index contributed by atoms with van der Waals surface area (Å²) in [5.74, 6) is -3.32. The minimum Gasteiger partial charge on any atom is -0.310 e. The van der Waals surface area contributed by atoms with Gasteiger partial charge in [0.05, 0.1) is 12.5 Å². The van der Waals surface area contributed by atoms with Gasteiger partial charge in [-0.05, 0) is 17.7 Å². The van der Waals surface area contributed by atoms with Crippen LogP contribution >= 0.6 is 0 Å². The largest absolute Gasteiger partial charge is 0.310 e. The van der Waals surface area contributed by atoms with E-state index in [0.717, 1.165) is 0 Å². The molecule has 0 radical (unpaired) electrons. The second-order valence-electron chi connectivity index (χ2n) is 3.23. The molecule has 2 rings (SSSR count). The number of pyridine rings is 1. The van der Waals surface area contributed by atoms with Gasteiger partial charge in [0.2, 0.25) is 0 Å². The molecule has 1 N–H and O–H groups in total. The first-order chi connectivity index (χ1) is 6.20. The van der Waals surface area contributed by atoms with E-state index in [9.17, 15) is 8.78 Å². The maximum Gasteiger partial charge on any atom is 0.268 e. The maximum atomic E-state index is 13.2. The fourth-order valence-corrected chi connectivity index (χ4v) is 1.61. The van der Waals surface area contributed by atoms with Gasteiger partial charge < -0.3 is 5.32 Å². The first-order valence-electron chi connectivity index (χ1n) is 4.18. The Hall–Kier alpha value is -1.03. The Bertz CT molecular complexity index is 287. The van der Waals surface area contributed by atoms with E-state index in [1.165, 1.54) is 0 Å². The molecule has 4 heteroatoms. The summed E-state index contributed by atoms with van der Waals surface area (Å²) in [6, 6.07) is 3.29. The van der Waals surface area contributed by atoms with Crippen molar-refractivity contribution < 1.29 is 8.78 Å². The molecule has 1 saturated heterocycles. The lowest BCUT2D eigenvalue weighted by atomic mass is 9.97. The molecule has 0 amide bonds. The van der Waals surface area contributed by atoms with Crippen molar-refractivity contribution >= 4 is 0 Å². The number of aromatic nitrogens is 1. The van der Waals surface area contributed by atoms with Crippen molar-refractivity contribution in [3.63, 3.8) is 0 Å². The van der Waals surface area contributed by atoms with E-state index >= 15 is 0 Å². The van der Waals surface area contributed by atoms with Gasteiger partial charge in [-0.3, -0.25) is 4.98 Å². The van der Waals surface area contributed by atoms with E-state index in [4.69, 9.17) is 0 Å². The van der Waals surface area contributed by atoms with E-state index in [1.54, 1.807) is 24.5 Å². The molecule has 1 fully saturated rings.